The molecule has 13 heavy (non-hydrogen) atoms. The van der Waals surface area contributed by atoms with E-state index in [1.54, 1.807) is 0 Å². The van der Waals surface area contributed by atoms with E-state index in [0.717, 1.165) is 32.5 Å². The Labute approximate surface area is 81.2 Å². The van der Waals surface area contributed by atoms with Crippen molar-refractivity contribution in [3.8, 4) is 0 Å². The third-order valence-electron chi connectivity index (χ3n) is 2.63. The maximum Gasteiger partial charge on any atom is 0.0679 e. The van der Waals surface area contributed by atoms with Crippen molar-refractivity contribution in [3.63, 3.8) is 0 Å². The second-order valence-corrected chi connectivity index (χ2v) is 3.88. The van der Waals surface area contributed by atoms with E-state index in [4.69, 9.17) is 0 Å². The summed E-state index contributed by atoms with van der Waals surface area (Å²) in [5.74, 6) is 0. The molecule has 76 valence electrons. The highest BCUT2D eigenvalue weighted by atomic mass is 16.3. The number of nitrogens with zero attached hydrogens (tertiary/aromatic N) is 1. The largest absolute Gasteiger partial charge is 0.392 e. The first-order valence-electron chi connectivity index (χ1n) is 5.34. The Balaban J connectivity index is 1.91. The summed E-state index contributed by atoms with van der Waals surface area (Å²) >= 11 is 0. The lowest BCUT2D eigenvalue weighted by molar-refractivity contribution is 0.175. The molecule has 0 spiro atoms. The van der Waals surface area contributed by atoms with Gasteiger partial charge in [0.15, 0.2) is 0 Å². The summed E-state index contributed by atoms with van der Waals surface area (Å²) in [5, 5.41) is 9.29. The van der Waals surface area contributed by atoms with Crippen molar-refractivity contribution in [3.05, 3.63) is 12.7 Å². The molecule has 0 aromatic heterocycles. The number of aliphatic hydroxyl groups is 1. The van der Waals surface area contributed by atoms with Crippen LogP contribution in [0, 0.1) is 0 Å². The van der Waals surface area contributed by atoms with Gasteiger partial charge >= 0.3 is 0 Å². The van der Waals surface area contributed by atoms with Gasteiger partial charge in [0.25, 0.3) is 0 Å². The van der Waals surface area contributed by atoms with Crippen LogP contribution in [0.1, 0.15) is 32.1 Å². The van der Waals surface area contributed by atoms with Gasteiger partial charge in [0.1, 0.15) is 0 Å². The molecule has 1 fully saturated rings. The number of allylic oxidation sites excluding steroid dienone is 1. The topological polar surface area (TPSA) is 23.5 Å². The van der Waals surface area contributed by atoms with Gasteiger partial charge in [-0.15, -0.1) is 6.58 Å². The Morgan fingerprint density at radius 1 is 1.38 bits per heavy atom. The highest BCUT2D eigenvalue weighted by molar-refractivity contribution is 4.74. The highest BCUT2D eigenvalue weighted by Gasteiger charge is 2.18. The van der Waals surface area contributed by atoms with Crippen molar-refractivity contribution in [2.75, 3.05) is 19.6 Å². The van der Waals surface area contributed by atoms with Crippen LogP contribution in [-0.4, -0.2) is 35.7 Å². The lowest BCUT2D eigenvalue weighted by Crippen LogP contribution is -2.23. The van der Waals surface area contributed by atoms with Crippen LogP contribution in [0.2, 0.25) is 0 Å². The van der Waals surface area contributed by atoms with E-state index in [2.05, 4.69) is 11.5 Å². The minimum atomic E-state index is -0.0619. The summed E-state index contributed by atoms with van der Waals surface area (Å²) in [6.45, 7) is 6.84. The van der Waals surface area contributed by atoms with Crippen LogP contribution in [0.25, 0.3) is 0 Å². The summed E-state index contributed by atoms with van der Waals surface area (Å²) in [5.41, 5.74) is 0. The molecule has 1 heterocycles. The van der Waals surface area contributed by atoms with Crippen molar-refractivity contribution >= 4 is 0 Å². The van der Waals surface area contributed by atoms with Gasteiger partial charge in [0.05, 0.1) is 6.10 Å². The summed E-state index contributed by atoms with van der Waals surface area (Å²) in [6, 6.07) is 0. The van der Waals surface area contributed by atoms with Gasteiger partial charge in [0, 0.05) is 13.1 Å². The summed E-state index contributed by atoms with van der Waals surface area (Å²) in [7, 11) is 0. The standard InChI is InChI=1S/C11H21NO/c1-2-3-4-5-6-8-12-9-7-11(13)10-12/h2,11,13H,1,3-10H2/t11-/m1/s1. The van der Waals surface area contributed by atoms with Gasteiger partial charge in [0.2, 0.25) is 0 Å². The molecular weight excluding hydrogens is 162 g/mol. The van der Waals surface area contributed by atoms with E-state index < -0.39 is 0 Å². The highest BCUT2D eigenvalue weighted by Crippen LogP contribution is 2.10. The fraction of sp³-hybridized carbons (Fsp3) is 0.818. The molecular formula is C11H21NO. The van der Waals surface area contributed by atoms with Gasteiger partial charge in [-0.1, -0.05) is 12.5 Å². The lowest BCUT2D eigenvalue weighted by Gasteiger charge is -2.13. The van der Waals surface area contributed by atoms with E-state index in [1.807, 2.05) is 6.08 Å². The molecule has 0 saturated carbocycles. The van der Waals surface area contributed by atoms with E-state index in [9.17, 15) is 5.11 Å². The maximum absolute atomic E-state index is 9.29. The molecule has 2 heteroatoms. The molecule has 0 aromatic rings. The molecule has 2 nitrogen and oxygen atoms in total. The Hall–Kier alpha value is -0.340. The molecule has 1 saturated heterocycles. The van der Waals surface area contributed by atoms with Crippen LogP contribution in [-0.2, 0) is 0 Å². The van der Waals surface area contributed by atoms with E-state index >= 15 is 0 Å². The third kappa shape index (κ3) is 4.44. The molecule has 1 atom stereocenters. The number of aliphatic hydroxyl groups excluding tert-OH is 1. The molecule has 0 aromatic carbocycles. The van der Waals surface area contributed by atoms with Gasteiger partial charge in [-0.05, 0) is 32.2 Å². The van der Waals surface area contributed by atoms with Crippen molar-refractivity contribution in [2.24, 2.45) is 0 Å². The first-order chi connectivity index (χ1) is 6.33. The lowest BCUT2D eigenvalue weighted by atomic mass is 10.2. The Morgan fingerprint density at radius 3 is 2.85 bits per heavy atom. The van der Waals surface area contributed by atoms with E-state index in [-0.39, 0.29) is 6.10 Å². The second kappa shape index (κ2) is 6.17. The Morgan fingerprint density at radius 2 is 2.23 bits per heavy atom. The monoisotopic (exact) mass is 183 g/mol. The number of likely N-dealkylation sites (tertiary alicyclic amines) is 1. The van der Waals surface area contributed by atoms with Crippen LogP contribution in [0.15, 0.2) is 12.7 Å². The average molecular weight is 183 g/mol. The maximum atomic E-state index is 9.29. The Bertz CT molecular complexity index is 147. The van der Waals surface area contributed by atoms with Gasteiger partial charge in [-0.3, -0.25) is 0 Å². The molecule has 1 aliphatic heterocycles. The summed E-state index contributed by atoms with van der Waals surface area (Å²) in [6.07, 6.45) is 7.85. The fourth-order valence-electron chi connectivity index (χ4n) is 1.82. The van der Waals surface area contributed by atoms with Crippen molar-refractivity contribution in [1.82, 2.24) is 4.90 Å². The number of hydrogen-bond donors (Lipinski definition) is 1. The van der Waals surface area contributed by atoms with Crippen molar-refractivity contribution in [2.45, 2.75) is 38.2 Å². The van der Waals surface area contributed by atoms with Crippen LogP contribution < -0.4 is 0 Å². The van der Waals surface area contributed by atoms with Crippen LogP contribution in [0.3, 0.4) is 0 Å². The van der Waals surface area contributed by atoms with E-state index in [0.29, 0.717) is 0 Å². The quantitative estimate of drug-likeness (QED) is 0.501. The van der Waals surface area contributed by atoms with Gasteiger partial charge in [-0.25, -0.2) is 0 Å². The predicted molar refractivity (Wildman–Crippen MR) is 55.7 cm³/mol. The average Bonchev–Trinajstić information content (AvgIpc) is 2.51. The van der Waals surface area contributed by atoms with Crippen LogP contribution in [0.5, 0.6) is 0 Å². The zero-order valence-corrected chi connectivity index (χ0v) is 8.41. The zero-order valence-electron chi connectivity index (χ0n) is 8.41. The third-order valence-corrected chi connectivity index (χ3v) is 2.63. The molecule has 1 N–H and O–H groups in total. The number of β-amino-alcohol motifs (C(OH)–C–C–N with tert-alkyl or cyclic N) is 1. The zero-order chi connectivity index (χ0) is 9.52. The number of hydrogen-bond acceptors (Lipinski definition) is 2. The Kier molecular flexibility index (Phi) is 5.09. The summed E-state index contributed by atoms with van der Waals surface area (Å²) < 4.78 is 0. The predicted octanol–water partition coefficient (Wildman–Crippen LogP) is 1.80. The SMILES string of the molecule is C=CCCCCCN1CC[C@@H](O)C1. The normalized spacial score (nSPS) is 23.6. The molecule has 0 aliphatic carbocycles. The molecule has 0 unspecified atom stereocenters. The second-order valence-electron chi connectivity index (χ2n) is 3.88. The first kappa shape index (κ1) is 10.7. The first-order valence-corrected chi connectivity index (χ1v) is 5.34. The van der Waals surface area contributed by atoms with Gasteiger partial charge in [-0.2, -0.15) is 0 Å². The minimum Gasteiger partial charge on any atom is -0.392 e. The molecule has 1 aliphatic rings. The van der Waals surface area contributed by atoms with Crippen molar-refractivity contribution in [1.29, 1.82) is 0 Å². The summed E-state index contributed by atoms with van der Waals surface area (Å²) in [4.78, 5) is 2.36. The van der Waals surface area contributed by atoms with E-state index in [1.165, 1.54) is 19.3 Å². The number of rotatable bonds is 6. The van der Waals surface area contributed by atoms with Crippen LogP contribution >= 0.6 is 0 Å². The number of unbranched alkanes of at least 4 members (excludes halogenated alkanes) is 3. The molecule has 0 amide bonds. The molecule has 0 bridgehead atoms. The van der Waals surface area contributed by atoms with Crippen molar-refractivity contribution < 1.29 is 5.11 Å². The molecule has 0 radical (unpaired) electrons. The van der Waals surface area contributed by atoms with Gasteiger partial charge < -0.3 is 10.0 Å². The van der Waals surface area contributed by atoms with Crippen LogP contribution in [0.4, 0.5) is 0 Å². The molecule has 1 rings (SSSR count). The minimum absolute atomic E-state index is 0.0619. The smallest absolute Gasteiger partial charge is 0.0679 e. The fourth-order valence-corrected chi connectivity index (χ4v) is 1.82.